The van der Waals surface area contributed by atoms with Crippen molar-refractivity contribution in [2.24, 2.45) is 0 Å². The highest BCUT2D eigenvalue weighted by molar-refractivity contribution is 4.88. The maximum Gasteiger partial charge on any atom is 0.0198 e. The van der Waals surface area contributed by atoms with Crippen LogP contribution in [0.1, 0.15) is 46.0 Å². The molecule has 0 radical (unpaired) electrons. The molecule has 2 aliphatic rings. The lowest BCUT2D eigenvalue weighted by molar-refractivity contribution is 0.177. The van der Waals surface area contributed by atoms with E-state index >= 15 is 0 Å². The van der Waals surface area contributed by atoms with Gasteiger partial charge >= 0.3 is 0 Å². The molecule has 0 aromatic carbocycles. The smallest absolute Gasteiger partial charge is 0.0198 e. The summed E-state index contributed by atoms with van der Waals surface area (Å²) >= 11 is 0. The molecule has 2 rings (SSSR count). The molecule has 18 heavy (non-hydrogen) atoms. The van der Waals surface area contributed by atoms with E-state index in [0.717, 1.165) is 12.1 Å². The lowest BCUT2D eigenvalue weighted by atomic mass is 10.1. The lowest BCUT2D eigenvalue weighted by Crippen LogP contribution is -2.47. The molecular formula is C15H31N3. The number of hydrogen-bond acceptors (Lipinski definition) is 3. The molecule has 1 aliphatic heterocycles. The van der Waals surface area contributed by atoms with Gasteiger partial charge < -0.3 is 15.1 Å². The number of nitrogens with one attached hydrogen (secondary N) is 1. The average Bonchev–Trinajstić information content (AvgIpc) is 3.19. The van der Waals surface area contributed by atoms with Gasteiger partial charge in [0.25, 0.3) is 0 Å². The Kier molecular flexibility index (Phi) is 5.93. The summed E-state index contributed by atoms with van der Waals surface area (Å²) in [6.07, 6.45) is 6.94. The van der Waals surface area contributed by atoms with Crippen LogP contribution in [0.15, 0.2) is 0 Å². The van der Waals surface area contributed by atoms with Crippen molar-refractivity contribution in [3.05, 3.63) is 0 Å². The van der Waals surface area contributed by atoms with E-state index in [0.29, 0.717) is 0 Å². The summed E-state index contributed by atoms with van der Waals surface area (Å²) in [5, 5.41) is 3.79. The summed E-state index contributed by atoms with van der Waals surface area (Å²) in [5.41, 5.74) is 0. The minimum absolute atomic E-state index is 0.778. The second kappa shape index (κ2) is 7.46. The molecular weight excluding hydrogens is 222 g/mol. The summed E-state index contributed by atoms with van der Waals surface area (Å²) < 4.78 is 0. The Balaban J connectivity index is 1.59. The topological polar surface area (TPSA) is 18.5 Å². The van der Waals surface area contributed by atoms with E-state index in [-0.39, 0.29) is 0 Å². The van der Waals surface area contributed by atoms with Crippen molar-refractivity contribution in [2.45, 2.75) is 58.0 Å². The van der Waals surface area contributed by atoms with Crippen molar-refractivity contribution in [3.8, 4) is 0 Å². The molecule has 0 bridgehead atoms. The van der Waals surface area contributed by atoms with Gasteiger partial charge in [0, 0.05) is 18.6 Å². The number of nitrogens with zero attached hydrogens (tertiary/aromatic N) is 2. The molecule has 1 saturated heterocycles. The molecule has 0 spiro atoms. The quantitative estimate of drug-likeness (QED) is 0.713. The van der Waals surface area contributed by atoms with Gasteiger partial charge in [-0.05, 0) is 64.8 Å². The fourth-order valence-corrected chi connectivity index (χ4v) is 3.04. The summed E-state index contributed by atoms with van der Waals surface area (Å²) in [6, 6.07) is 1.64. The maximum atomic E-state index is 3.79. The largest absolute Gasteiger partial charge is 0.310 e. The zero-order valence-electron chi connectivity index (χ0n) is 12.3. The standard InChI is InChI=1S/C15H31N3/c1-3-17(4-2)11-6-12-18-10-5-7-15(13-18)16-14-8-9-14/h14-16H,3-13H2,1-2H3. The van der Waals surface area contributed by atoms with Crippen molar-refractivity contribution < 1.29 is 0 Å². The second-order valence-corrected chi connectivity index (χ2v) is 5.96. The lowest BCUT2D eigenvalue weighted by Gasteiger charge is -2.33. The van der Waals surface area contributed by atoms with Crippen LogP contribution in [0.5, 0.6) is 0 Å². The molecule has 2 fully saturated rings. The minimum Gasteiger partial charge on any atom is -0.310 e. The SMILES string of the molecule is CCN(CC)CCCN1CCCC(NC2CC2)C1. The van der Waals surface area contributed by atoms with Gasteiger partial charge in [-0.2, -0.15) is 0 Å². The second-order valence-electron chi connectivity index (χ2n) is 5.96. The van der Waals surface area contributed by atoms with Gasteiger partial charge in [-0.25, -0.2) is 0 Å². The van der Waals surface area contributed by atoms with E-state index < -0.39 is 0 Å². The van der Waals surface area contributed by atoms with Crippen LogP contribution in [0, 0.1) is 0 Å². The number of rotatable bonds is 8. The van der Waals surface area contributed by atoms with Crippen LogP contribution in [0.2, 0.25) is 0 Å². The van der Waals surface area contributed by atoms with Gasteiger partial charge in [-0.15, -0.1) is 0 Å². The van der Waals surface area contributed by atoms with Gasteiger partial charge in [-0.3, -0.25) is 0 Å². The molecule has 1 aliphatic carbocycles. The minimum atomic E-state index is 0.778. The van der Waals surface area contributed by atoms with Crippen LogP contribution in [0.3, 0.4) is 0 Å². The van der Waals surface area contributed by atoms with E-state index in [2.05, 4.69) is 29.0 Å². The third-order valence-corrected chi connectivity index (χ3v) is 4.40. The zero-order valence-corrected chi connectivity index (χ0v) is 12.3. The van der Waals surface area contributed by atoms with Crippen LogP contribution >= 0.6 is 0 Å². The van der Waals surface area contributed by atoms with E-state index in [1.807, 2.05) is 0 Å². The highest BCUT2D eigenvalue weighted by atomic mass is 15.2. The summed E-state index contributed by atoms with van der Waals surface area (Å²) in [7, 11) is 0. The predicted molar refractivity (Wildman–Crippen MR) is 78.0 cm³/mol. The van der Waals surface area contributed by atoms with Crippen LogP contribution < -0.4 is 5.32 Å². The predicted octanol–water partition coefficient (Wildman–Crippen LogP) is 1.93. The van der Waals surface area contributed by atoms with Gasteiger partial charge in [-0.1, -0.05) is 13.8 Å². The van der Waals surface area contributed by atoms with Crippen molar-refractivity contribution in [2.75, 3.05) is 39.3 Å². The number of hydrogen-bond donors (Lipinski definition) is 1. The molecule has 3 heteroatoms. The molecule has 1 atom stereocenters. The molecule has 3 nitrogen and oxygen atoms in total. The first-order valence-electron chi connectivity index (χ1n) is 8.02. The molecule has 1 saturated carbocycles. The highest BCUT2D eigenvalue weighted by Gasteiger charge is 2.27. The Morgan fingerprint density at radius 2 is 1.89 bits per heavy atom. The first kappa shape index (κ1) is 14.3. The first-order chi connectivity index (χ1) is 8.81. The normalized spacial score (nSPS) is 25.8. The average molecular weight is 253 g/mol. The first-order valence-corrected chi connectivity index (χ1v) is 8.02. The number of piperidine rings is 1. The van der Waals surface area contributed by atoms with Crippen LogP contribution in [0.25, 0.3) is 0 Å². The summed E-state index contributed by atoms with van der Waals surface area (Å²) in [5.74, 6) is 0. The van der Waals surface area contributed by atoms with Gasteiger partial charge in [0.15, 0.2) is 0 Å². The Bertz CT molecular complexity index is 224. The fourth-order valence-electron chi connectivity index (χ4n) is 3.04. The third-order valence-electron chi connectivity index (χ3n) is 4.40. The van der Waals surface area contributed by atoms with Crippen LogP contribution in [-0.4, -0.2) is 61.2 Å². The van der Waals surface area contributed by atoms with E-state index in [1.165, 1.54) is 71.4 Å². The Morgan fingerprint density at radius 3 is 2.56 bits per heavy atom. The van der Waals surface area contributed by atoms with E-state index in [1.54, 1.807) is 0 Å². The third kappa shape index (κ3) is 4.87. The monoisotopic (exact) mass is 253 g/mol. The van der Waals surface area contributed by atoms with Crippen molar-refractivity contribution in [1.82, 2.24) is 15.1 Å². The van der Waals surface area contributed by atoms with Crippen molar-refractivity contribution in [1.29, 1.82) is 0 Å². The molecule has 106 valence electrons. The van der Waals surface area contributed by atoms with E-state index in [9.17, 15) is 0 Å². The van der Waals surface area contributed by atoms with Crippen molar-refractivity contribution in [3.63, 3.8) is 0 Å². The highest BCUT2D eigenvalue weighted by Crippen LogP contribution is 2.21. The Labute approximate surface area is 113 Å². The van der Waals surface area contributed by atoms with Crippen LogP contribution in [0.4, 0.5) is 0 Å². The number of likely N-dealkylation sites (tertiary alicyclic amines) is 1. The molecule has 0 aromatic rings. The fraction of sp³-hybridized carbons (Fsp3) is 1.00. The Morgan fingerprint density at radius 1 is 1.11 bits per heavy atom. The van der Waals surface area contributed by atoms with Crippen LogP contribution in [-0.2, 0) is 0 Å². The molecule has 0 amide bonds. The van der Waals surface area contributed by atoms with E-state index in [4.69, 9.17) is 0 Å². The van der Waals surface area contributed by atoms with Gasteiger partial charge in [0.05, 0.1) is 0 Å². The molecule has 1 heterocycles. The van der Waals surface area contributed by atoms with Crippen molar-refractivity contribution >= 4 is 0 Å². The Hall–Kier alpha value is -0.120. The molecule has 0 aromatic heterocycles. The molecule has 1 N–H and O–H groups in total. The summed E-state index contributed by atoms with van der Waals surface area (Å²) in [6.45, 7) is 12.1. The van der Waals surface area contributed by atoms with Gasteiger partial charge in [0.1, 0.15) is 0 Å². The summed E-state index contributed by atoms with van der Waals surface area (Å²) in [4.78, 5) is 5.21. The van der Waals surface area contributed by atoms with Gasteiger partial charge in [0.2, 0.25) is 0 Å². The maximum absolute atomic E-state index is 3.79. The molecule has 1 unspecified atom stereocenters. The zero-order chi connectivity index (χ0) is 12.8.